The van der Waals surface area contributed by atoms with Gasteiger partial charge in [-0.25, -0.2) is 9.59 Å². The smallest absolute Gasteiger partial charge is 0.410 e. The minimum Gasteiger partial charge on any atom is -0.466 e. The Bertz CT molecular complexity index is 1050. The topological polar surface area (TPSA) is 59.1 Å². The van der Waals surface area contributed by atoms with E-state index in [1.54, 1.807) is 6.08 Å². The number of methoxy groups -OCH3 is 1. The van der Waals surface area contributed by atoms with Gasteiger partial charge in [0, 0.05) is 43.7 Å². The predicted octanol–water partition coefficient (Wildman–Crippen LogP) is 5.63. The van der Waals surface area contributed by atoms with Crippen molar-refractivity contribution in [2.24, 2.45) is 0 Å². The second-order valence-electron chi connectivity index (χ2n) is 10.8. The molecule has 1 heterocycles. The van der Waals surface area contributed by atoms with Crippen LogP contribution in [0.3, 0.4) is 0 Å². The molecular weight excluding hydrogens is 452 g/mol. The first kappa shape index (κ1) is 26.0. The van der Waals surface area contributed by atoms with Crippen molar-refractivity contribution in [1.82, 2.24) is 9.80 Å². The van der Waals surface area contributed by atoms with E-state index in [0.717, 1.165) is 44.5 Å². The molecule has 2 atom stereocenters. The Morgan fingerprint density at radius 1 is 1.03 bits per heavy atom. The average molecular weight is 491 g/mol. The highest BCUT2D eigenvalue weighted by molar-refractivity contribution is 5.86. The molecule has 0 N–H and O–H groups in total. The third-order valence-electron chi connectivity index (χ3n) is 6.90. The third-order valence-corrected chi connectivity index (χ3v) is 6.90. The SMILES string of the molecule is COC(=O)/C=C/c1ccc(CN2CCC(N(C(=O)OC(C)(C)C)[C@@H]3C[C@H]3c3ccccc3)CC2)cc1. The number of esters is 1. The predicted molar refractivity (Wildman–Crippen MR) is 141 cm³/mol. The number of amides is 1. The Labute approximate surface area is 214 Å². The Hall–Kier alpha value is -3.12. The molecule has 1 aliphatic carbocycles. The fraction of sp³-hybridized carbons (Fsp3) is 0.467. The van der Waals surface area contributed by atoms with E-state index >= 15 is 0 Å². The maximum Gasteiger partial charge on any atom is 0.410 e. The average Bonchev–Trinajstić information content (AvgIpc) is 3.64. The molecule has 6 nitrogen and oxygen atoms in total. The Morgan fingerprint density at radius 2 is 1.69 bits per heavy atom. The van der Waals surface area contributed by atoms with Crippen molar-refractivity contribution in [3.8, 4) is 0 Å². The summed E-state index contributed by atoms with van der Waals surface area (Å²) in [6, 6.07) is 19.2. The van der Waals surface area contributed by atoms with E-state index in [4.69, 9.17) is 4.74 Å². The molecule has 2 aliphatic rings. The van der Waals surface area contributed by atoms with Gasteiger partial charge in [-0.3, -0.25) is 4.90 Å². The second-order valence-corrected chi connectivity index (χ2v) is 10.8. The number of nitrogens with zero attached hydrogens (tertiary/aromatic N) is 2. The Balaban J connectivity index is 1.36. The summed E-state index contributed by atoms with van der Waals surface area (Å²) in [6.45, 7) is 8.56. The summed E-state index contributed by atoms with van der Waals surface area (Å²) in [5, 5.41) is 0. The van der Waals surface area contributed by atoms with Gasteiger partial charge >= 0.3 is 12.1 Å². The van der Waals surface area contributed by atoms with Gasteiger partial charge in [-0.15, -0.1) is 0 Å². The van der Waals surface area contributed by atoms with E-state index in [1.165, 1.54) is 24.3 Å². The van der Waals surface area contributed by atoms with Gasteiger partial charge in [-0.2, -0.15) is 0 Å². The molecule has 0 unspecified atom stereocenters. The van der Waals surface area contributed by atoms with Crippen molar-refractivity contribution in [1.29, 1.82) is 0 Å². The van der Waals surface area contributed by atoms with Crippen LogP contribution in [0.2, 0.25) is 0 Å². The van der Waals surface area contributed by atoms with Crippen LogP contribution in [0.4, 0.5) is 4.79 Å². The highest BCUT2D eigenvalue weighted by atomic mass is 16.6. The monoisotopic (exact) mass is 490 g/mol. The molecule has 2 fully saturated rings. The molecule has 192 valence electrons. The molecule has 0 radical (unpaired) electrons. The van der Waals surface area contributed by atoms with E-state index < -0.39 is 5.60 Å². The van der Waals surface area contributed by atoms with Crippen molar-refractivity contribution >= 4 is 18.1 Å². The van der Waals surface area contributed by atoms with Crippen LogP contribution < -0.4 is 0 Å². The van der Waals surface area contributed by atoms with Gasteiger partial charge in [0.1, 0.15) is 5.60 Å². The number of hydrogen-bond acceptors (Lipinski definition) is 5. The van der Waals surface area contributed by atoms with Crippen molar-refractivity contribution in [2.75, 3.05) is 20.2 Å². The lowest BCUT2D eigenvalue weighted by Crippen LogP contribution is -2.50. The molecule has 2 aromatic rings. The van der Waals surface area contributed by atoms with Gasteiger partial charge in [-0.1, -0.05) is 54.6 Å². The highest BCUT2D eigenvalue weighted by Crippen LogP contribution is 2.46. The van der Waals surface area contributed by atoms with Gasteiger partial charge in [-0.05, 0) is 62.8 Å². The number of hydrogen-bond donors (Lipinski definition) is 0. The fourth-order valence-corrected chi connectivity index (χ4v) is 5.00. The molecule has 1 amide bonds. The van der Waals surface area contributed by atoms with Crippen LogP contribution in [0.25, 0.3) is 6.08 Å². The summed E-state index contributed by atoms with van der Waals surface area (Å²) in [6.07, 6.45) is 5.89. The van der Waals surface area contributed by atoms with Gasteiger partial charge in [0.05, 0.1) is 7.11 Å². The maximum atomic E-state index is 13.3. The first-order valence-electron chi connectivity index (χ1n) is 12.9. The number of carbonyl (C=O) groups excluding carboxylic acids is 2. The first-order valence-corrected chi connectivity index (χ1v) is 12.9. The van der Waals surface area contributed by atoms with Crippen LogP contribution in [-0.4, -0.2) is 59.7 Å². The van der Waals surface area contributed by atoms with E-state index in [1.807, 2.05) is 39.0 Å². The van der Waals surface area contributed by atoms with Gasteiger partial charge in [0.2, 0.25) is 0 Å². The van der Waals surface area contributed by atoms with Crippen LogP contribution in [0.15, 0.2) is 60.7 Å². The van der Waals surface area contributed by atoms with E-state index in [-0.39, 0.29) is 24.1 Å². The minimum atomic E-state index is -0.509. The van der Waals surface area contributed by atoms with Gasteiger partial charge in [0.15, 0.2) is 0 Å². The lowest BCUT2D eigenvalue weighted by molar-refractivity contribution is -0.134. The molecule has 2 aromatic carbocycles. The summed E-state index contributed by atoms with van der Waals surface area (Å²) >= 11 is 0. The third kappa shape index (κ3) is 6.97. The molecule has 0 aromatic heterocycles. The standard InChI is InChI=1S/C30H38N2O4/c1-30(2,3)36-29(34)32(27-20-26(27)24-8-6-5-7-9-24)25-16-18-31(19-17-25)21-23-12-10-22(11-13-23)14-15-28(33)35-4/h5-15,25-27H,16-21H2,1-4H3/b15-14+/t26-,27+/m0/s1. The van der Waals surface area contributed by atoms with Crippen LogP contribution in [-0.2, 0) is 20.8 Å². The lowest BCUT2D eigenvalue weighted by Gasteiger charge is -2.39. The zero-order valence-electron chi connectivity index (χ0n) is 21.9. The first-order chi connectivity index (χ1) is 17.2. The molecule has 0 bridgehead atoms. The fourth-order valence-electron chi connectivity index (χ4n) is 5.00. The van der Waals surface area contributed by atoms with Crippen LogP contribution in [0.5, 0.6) is 0 Å². The molecule has 0 spiro atoms. The molecule has 1 saturated carbocycles. The molecular formula is C30H38N2O4. The van der Waals surface area contributed by atoms with E-state index in [9.17, 15) is 9.59 Å². The van der Waals surface area contributed by atoms with E-state index in [2.05, 4.69) is 50.9 Å². The molecule has 6 heteroatoms. The number of piperidine rings is 1. The van der Waals surface area contributed by atoms with Crippen molar-refractivity contribution in [2.45, 2.75) is 70.2 Å². The summed E-state index contributed by atoms with van der Waals surface area (Å²) in [5.74, 6) is 0.0344. The van der Waals surface area contributed by atoms with Crippen LogP contribution in [0, 0.1) is 0 Å². The van der Waals surface area contributed by atoms with Crippen molar-refractivity contribution in [3.05, 3.63) is 77.4 Å². The quantitative estimate of drug-likeness (QED) is 0.372. The largest absolute Gasteiger partial charge is 0.466 e. The minimum absolute atomic E-state index is 0.181. The van der Waals surface area contributed by atoms with Gasteiger partial charge < -0.3 is 14.4 Å². The summed E-state index contributed by atoms with van der Waals surface area (Å²) in [7, 11) is 1.37. The Morgan fingerprint density at radius 3 is 2.31 bits per heavy atom. The number of likely N-dealkylation sites (tertiary alicyclic amines) is 1. The van der Waals surface area contributed by atoms with Crippen LogP contribution >= 0.6 is 0 Å². The molecule has 1 saturated heterocycles. The van der Waals surface area contributed by atoms with Crippen LogP contribution in [0.1, 0.15) is 62.6 Å². The molecule has 4 rings (SSSR count). The van der Waals surface area contributed by atoms with Crippen molar-refractivity contribution < 1.29 is 19.1 Å². The maximum absolute atomic E-state index is 13.3. The highest BCUT2D eigenvalue weighted by Gasteiger charge is 2.48. The number of benzene rings is 2. The van der Waals surface area contributed by atoms with Gasteiger partial charge in [0.25, 0.3) is 0 Å². The zero-order valence-corrected chi connectivity index (χ0v) is 21.9. The summed E-state index contributed by atoms with van der Waals surface area (Å²) in [4.78, 5) is 29.1. The van der Waals surface area contributed by atoms with Crippen molar-refractivity contribution in [3.63, 3.8) is 0 Å². The lowest BCUT2D eigenvalue weighted by atomic mass is 10.0. The second kappa shape index (κ2) is 11.3. The summed E-state index contributed by atoms with van der Waals surface area (Å²) in [5.41, 5.74) is 3.00. The molecule has 36 heavy (non-hydrogen) atoms. The normalized spacial score (nSPS) is 20.8. The number of carbonyl (C=O) groups is 2. The number of ether oxygens (including phenoxy) is 2. The summed E-state index contributed by atoms with van der Waals surface area (Å²) < 4.78 is 10.5. The number of rotatable bonds is 7. The zero-order chi connectivity index (χ0) is 25.7. The molecule has 1 aliphatic heterocycles. The Kier molecular flexibility index (Phi) is 8.14. The van der Waals surface area contributed by atoms with E-state index in [0.29, 0.717) is 5.92 Å².